The third-order valence-electron chi connectivity index (χ3n) is 4.82. The second-order valence-corrected chi connectivity index (χ2v) is 6.53. The topological polar surface area (TPSA) is 82.3 Å². The summed E-state index contributed by atoms with van der Waals surface area (Å²) in [6.07, 6.45) is 6.93. The van der Waals surface area contributed by atoms with Crippen LogP contribution in [0, 0.1) is 5.92 Å². The van der Waals surface area contributed by atoms with E-state index in [1.807, 2.05) is 6.92 Å². The first-order chi connectivity index (χ1) is 10.7. The number of carbonyl (C=O) groups excluding carboxylic acids is 2. The van der Waals surface area contributed by atoms with E-state index in [2.05, 4.69) is 21.3 Å². The van der Waals surface area contributed by atoms with E-state index in [-0.39, 0.29) is 24.3 Å². The van der Waals surface area contributed by atoms with Crippen molar-refractivity contribution in [1.82, 2.24) is 21.3 Å². The highest BCUT2D eigenvalue weighted by Gasteiger charge is 2.42. The molecule has 23 heavy (non-hydrogen) atoms. The van der Waals surface area contributed by atoms with Crippen LogP contribution in [0.1, 0.15) is 51.9 Å². The zero-order valence-electron chi connectivity index (χ0n) is 14.1. The molecule has 2 aliphatic rings. The molecule has 2 fully saturated rings. The Kier molecular flexibility index (Phi) is 8.69. The maximum absolute atomic E-state index is 12.6. The highest BCUT2D eigenvalue weighted by Crippen LogP contribution is 2.30. The molecule has 0 aromatic rings. The van der Waals surface area contributed by atoms with Crippen molar-refractivity contribution < 1.29 is 9.59 Å². The molecule has 1 unspecified atom stereocenters. The van der Waals surface area contributed by atoms with Gasteiger partial charge in [-0.05, 0) is 58.0 Å². The van der Waals surface area contributed by atoms with Crippen LogP contribution in [0.15, 0.2) is 0 Å². The normalized spacial score (nSPS) is 22.7. The average molecular weight is 347 g/mol. The summed E-state index contributed by atoms with van der Waals surface area (Å²) < 4.78 is 0. The van der Waals surface area contributed by atoms with Crippen LogP contribution in [0.2, 0.25) is 0 Å². The van der Waals surface area contributed by atoms with Crippen LogP contribution in [0.25, 0.3) is 0 Å². The number of hydrogen-bond acceptors (Lipinski definition) is 3. The summed E-state index contributed by atoms with van der Waals surface area (Å²) in [6.45, 7) is 5.31. The lowest BCUT2D eigenvalue weighted by molar-refractivity contribution is -0.127. The molecule has 1 aliphatic carbocycles. The summed E-state index contributed by atoms with van der Waals surface area (Å²) in [5.41, 5.74) is -0.704. The van der Waals surface area contributed by atoms with E-state index in [9.17, 15) is 9.59 Å². The van der Waals surface area contributed by atoms with Crippen molar-refractivity contribution >= 4 is 24.3 Å². The number of carbonyl (C=O) groups is 2. The molecule has 6 nitrogen and oxygen atoms in total. The van der Waals surface area contributed by atoms with Gasteiger partial charge in [-0.2, -0.15) is 0 Å². The molecule has 0 aromatic carbocycles. The maximum atomic E-state index is 12.6. The van der Waals surface area contributed by atoms with Gasteiger partial charge in [0.05, 0.1) is 0 Å². The summed E-state index contributed by atoms with van der Waals surface area (Å²) in [6, 6.07) is -0.240. The molecule has 0 bridgehead atoms. The van der Waals surface area contributed by atoms with Crippen molar-refractivity contribution in [2.75, 3.05) is 26.2 Å². The molecular formula is C16H31ClN4O2. The lowest BCUT2D eigenvalue weighted by atomic mass is 9.94. The molecule has 2 rings (SSSR count). The third-order valence-corrected chi connectivity index (χ3v) is 4.82. The quantitative estimate of drug-likeness (QED) is 0.589. The van der Waals surface area contributed by atoms with Crippen LogP contribution in [-0.4, -0.2) is 43.7 Å². The fourth-order valence-corrected chi connectivity index (χ4v) is 3.54. The Labute approximate surface area is 145 Å². The predicted octanol–water partition coefficient (Wildman–Crippen LogP) is 1.55. The summed E-state index contributed by atoms with van der Waals surface area (Å²) in [4.78, 5) is 24.4. The van der Waals surface area contributed by atoms with Crippen molar-refractivity contribution in [3.05, 3.63) is 0 Å². The number of nitrogens with one attached hydrogen (secondary N) is 4. The van der Waals surface area contributed by atoms with Gasteiger partial charge in [-0.25, -0.2) is 4.79 Å². The highest BCUT2D eigenvalue weighted by molar-refractivity contribution is 5.91. The van der Waals surface area contributed by atoms with Crippen LogP contribution in [0.5, 0.6) is 0 Å². The predicted molar refractivity (Wildman–Crippen MR) is 93.9 cm³/mol. The van der Waals surface area contributed by atoms with Gasteiger partial charge in [0, 0.05) is 13.1 Å². The molecule has 1 saturated carbocycles. The largest absolute Gasteiger partial charge is 0.354 e. The summed E-state index contributed by atoms with van der Waals surface area (Å²) >= 11 is 0. The van der Waals surface area contributed by atoms with E-state index in [4.69, 9.17) is 0 Å². The Hall–Kier alpha value is -1.01. The molecule has 134 valence electrons. The van der Waals surface area contributed by atoms with E-state index >= 15 is 0 Å². The average Bonchev–Trinajstić information content (AvgIpc) is 2.98. The zero-order valence-corrected chi connectivity index (χ0v) is 14.9. The van der Waals surface area contributed by atoms with Gasteiger partial charge in [0.1, 0.15) is 5.54 Å². The number of piperidine rings is 1. The molecule has 3 amide bonds. The molecule has 1 aliphatic heterocycles. The van der Waals surface area contributed by atoms with E-state index in [1.54, 1.807) is 0 Å². The van der Waals surface area contributed by atoms with Crippen molar-refractivity contribution in [2.24, 2.45) is 5.92 Å². The van der Waals surface area contributed by atoms with Gasteiger partial charge in [-0.15, -0.1) is 12.4 Å². The summed E-state index contributed by atoms with van der Waals surface area (Å²) in [5.74, 6) is 0.643. The minimum Gasteiger partial charge on any atom is -0.354 e. The second kappa shape index (κ2) is 9.98. The fourth-order valence-electron chi connectivity index (χ4n) is 3.54. The van der Waals surface area contributed by atoms with Gasteiger partial charge >= 0.3 is 6.03 Å². The Morgan fingerprint density at radius 3 is 2.52 bits per heavy atom. The number of hydrogen-bond donors (Lipinski definition) is 4. The van der Waals surface area contributed by atoms with Crippen molar-refractivity contribution in [2.45, 2.75) is 57.4 Å². The van der Waals surface area contributed by atoms with E-state index < -0.39 is 5.54 Å². The van der Waals surface area contributed by atoms with E-state index in [1.165, 1.54) is 12.8 Å². The minimum atomic E-state index is -0.704. The standard InChI is InChI=1S/C16H30N4O2.ClH/c1-2-18-15(22)20-16(8-3-4-9-16)14(21)19-11-7-13-6-5-10-17-12-13;/h13,17H,2-12H2,1H3,(H,19,21)(H2,18,20,22);1H. The summed E-state index contributed by atoms with van der Waals surface area (Å²) in [5, 5.41) is 12.1. The monoisotopic (exact) mass is 346 g/mol. The lowest BCUT2D eigenvalue weighted by Crippen LogP contribution is -2.59. The molecule has 0 spiro atoms. The first kappa shape index (κ1) is 20.0. The van der Waals surface area contributed by atoms with E-state index in [0.717, 1.165) is 45.2 Å². The SMILES string of the molecule is CCNC(=O)NC1(C(=O)NCCC2CCCNC2)CCCC1.Cl. The summed E-state index contributed by atoms with van der Waals surface area (Å²) in [7, 11) is 0. The van der Waals surface area contributed by atoms with Crippen LogP contribution in [-0.2, 0) is 4.79 Å². The first-order valence-electron chi connectivity index (χ1n) is 8.71. The number of halogens is 1. The second-order valence-electron chi connectivity index (χ2n) is 6.53. The highest BCUT2D eigenvalue weighted by atomic mass is 35.5. The Balaban J connectivity index is 0.00000264. The van der Waals surface area contributed by atoms with Gasteiger partial charge in [0.15, 0.2) is 0 Å². The number of urea groups is 1. The van der Waals surface area contributed by atoms with Gasteiger partial charge < -0.3 is 21.3 Å². The zero-order chi connectivity index (χ0) is 15.8. The van der Waals surface area contributed by atoms with Crippen molar-refractivity contribution in [3.63, 3.8) is 0 Å². The molecule has 4 N–H and O–H groups in total. The van der Waals surface area contributed by atoms with Crippen LogP contribution in [0.4, 0.5) is 4.79 Å². The van der Waals surface area contributed by atoms with Gasteiger partial charge in [-0.1, -0.05) is 12.8 Å². The minimum absolute atomic E-state index is 0. The van der Waals surface area contributed by atoms with Crippen LogP contribution < -0.4 is 21.3 Å². The van der Waals surface area contributed by atoms with E-state index in [0.29, 0.717) is 19.0 Å². The molecule has 0 radical (unpaired) electrons. The molecule has 1 atom stereocenters. The maximum Gasteiger partial charge on any atom is 0.315 e. The van der Waals surface area contributed by atoms with Crippen LogP contribution in [0.3, 0.4) is 0 Å². The molecule has 1 heterocycles. The van der Waals surface area contributed by atoms with Gasteiger partial charge in [-0.3, -0.25) is 4.79 Å². The number of rotatable bonds is 6. The fraction of sp³-hybridized carbons (Fsp3) is 0.875. The Morgan fingerprint density at radius 2 is 1.91 bits per heavy atom. The van der Waals surface area contributed by atoms with Gasteiger partial charge in [0.2, 0.25) is 5.91 Å². The van der Waals surface area contributed by atoms with Crippen molar-refractivity contribution in [1.29, 1.82) is 0 Å². The van der Waals surface area contributed by atoms with Crippen molar-refractivity contribution in [3.8, 4) is 0 Å². The molecule has 7 heteroatoms. The lowest BCUT2D eigenvalue weighted by Gasteiger charge is -2.29. The molecular weight excluding hydrogens is 316 g/mol. The Bertz CT molecular complexity index is 380. The molecule has 0 aromatic heterocycles. The van der Waals surface area contributed by atoms with Crippen LogP contribution >= 0.6 is 12.4 Å². The molecule has 1 saturated heterocycles. The smallest absolute Gasteiger partial charge is 0.315 e. The first-order valence-corrected chi connectivity index (χ1v) is 8.71. The third kappa shape index (κ3) is 5.84. The number of amides is 3. The Morgan fingerprint density at radius 1 is 1.17 bits per heavy atom. The van der Waals surface area contributed by atoms with Gasteiger partial charge in [0.25, 0.3) is 0 Å².